The molecule has 24 heavy (non-hydrogen) atoms. The van der Waals surface area contributed by atoms with E-state index >= 15 is 0 Å². The number of hydrogen-bond donors (Lipinski definition) is 1. The smallest absolute Gasteiger partial charge is 0.256 e. The number of rotatable bonds is 5. The standard InChI is InChI=1S/C19H24N4O/c1-15-8-11-23(12-9-15)18(24)17-13-21-19(22-14-17)20-10-7-16-5-3-2-4-6-16/h2-6,13-15H,7-12H2,1H3,(H,20,21,22). The van der Waals surface area contributed by atoms with Crippen molar-refractivity contribution in [3.63, 3.8) is 0 Å². The number of nitrogens with zero attached hydrogens (tertiary/aromatic N) is 3. The first kappa shape index (κ1) is 16.4. The second-order valence-electron chi connectivity index (χ2n) is 6.43. The molecule has 2 heterocycles. The van der Waals surface area contributed by atoms with Crippen LogP contribution in [-0.4, -0.2) is 40.4 Å². The van der Waals surface area contributed by atoms with Crippen molar-refractivity contribution in [3.05, 3.63) is 53.9 Å². The Labute approximate surface area is 143 Å². The maximum atomic E-state index is 12.4. The molecule has 5 heteroatoms. The Bertz CT molecular complexity index is 649. The van der Waals surface area contributed by atoms with E-state index in [1.807, 2.05) is 23.1 Å². The average Bonchev–Trinajstić information content (AvgIpc) is 2.63. The van der Waals surface area contributed by atoms with Crippen molar-refractivity contribution in [2.75, 3.05) is 25.0 Å². The number of anilines is 1. The summed E-state index contributed by atoms with van der Waals surface area (Å²) in [6, 6.07) is 10.3. The molecule has 2 aromatic rings. The van der Waals surface area contributed by atoms with Gasteiger partial charge in [-0.1, -0.05) is 37.3 Å². The third-order valence-electron chi connectivity index (χ3n) is 4.51. The fourth-order valence-electron chi connectivity index (χ4n) is 2.89. The molecule has 1 amide bonds. The zero-order valence-electron chi connectivity index (χ0n) is 14.1. The monoisotopic (exact) mass is 324 g/mol. The van der Waals surface area contributed by atoms with Crippen molar-refractivity contribution in [1.29, 1.82) is 0 Å². The Kier molecular flexibility index (Phi) is 5.41. The SMILES string of the molecule is CC1CCN(C(=O)c2cnc(NCCc3ccccc3)nc2)CC1. The molecule has 0 radical (unpaired) electrons. The van der Waals surface area contributed by atoms with Crippen LogP contribution in [0.2, 0.25) is 0 Å². The van der Waals surface area contributed by atoms with Crippen LogP contribution in [0.1, 0.15) is 35.7 Å². The number of piperidine rings is 1. The molecule has 1 saturated heterocycles. The summed E-state index contributed by atoms with van der Waals surface area (Å²) in [4.78, 5) is 22.9. The minimum atomic E-state index is 0.0396. The quantitative estimate of drug-likeness (QED) is 0.918. The molecule has 3 rings (SSSR count). The summed E-state index contributed by atoms with van der Waals surface area (Å²) < 4.78 is 0. The number of hydrogen-bond acceptors (Lipinski definition) is 4. The average molecular weight is 324 g/mol. The fourth-order valence-corrected chi connectivity index (χ4v) is 2.89. The molecular weight excluding hydrogens is 300 g/mol. The van der Waals surface area contributed by atoms with Crippen molar-refractivity contribution in [1.82, 2.24) is 14.9 Å². The Balaban J connectivity index is 1.50. The van der Waals surface area contributed by atoms with Crippen LogP contribution in [0, 0.1) is 5.92 Å². The third-order valence-corrected chi connectivity index (χ3v) is 4.51. The molecule has 0 atom stereocenters. The summed E-state index contributed by atoms with van der Waals surface area (Å²) in [7, 11) is 0. The highest BCUT2D eigenvalue weighted by molar-refractivity contribution is 5.93. The number of carbonyl (C=O) groups is 1. The first-order chi connectivity index (χ1) is 11.7. The molecule has 0 aliphatic carbocycles. The van der Waals surface area contributed by atoms with Crippen LogP contribution >= 0.6 is 0 Å². The zero-order valence-corrected chi connectivity index (χ0v) is 14.1. The number of likely N-dealkylation sites (tertiary alicyclic amines) is 1. The minimum Gasteiger partial charge on any atom is -0.354 e. The zero-order chi connectivity index (χ0) is 16.8. The Morgan fingerprint density at radius 2 is 1.83 bits per heavy atom. The third kappa shape index (κ3) is 4.31. The van der Waals surface area contributed by atoms with Gasteiger partial charge in [-0.25, -0.2) is 9.97 Å². The van der Waals surface area contributed by atoms with E-state index in [-0.39, 0.29) is 5.91 Å². The normalized spacial score (nSPS) is 15.3. The fraction of sp³-hybridized carbons (Fsp3) is 0.421. The summed E-state index contributed by atoms with van der Waals surface area (Å²) in [5.74, 6) is 1.31. The molecule has 0 unspecified atom stereocenters. The van der Waals surface area contributed by atoms with Crippen LogP contribution < -0.4 is 5.32 Å². The van der Waals surface area contributed by atoms with Gasteiger partial charge in [0, 0.05) is 32.0 Å². The highest BCUT2D eigenvalue weighted by atomic mass is 16.2. The van der Waals surface area contributed by atoms with Crippen molar-refractivity contribution >= 4 is 11.9 Å². The van der Waals surface area contributed by atoms with E-state index in [1.54, 1.807) is 12.4 Å². The lowest BCUT2D eigenvalue weighted by atomic mass is 9.99. The van der Waals surface area contributed by atoms with Crippen LogP contribution in [-0.2, 0) is 6.42 Å². The summed E-state index contributed by atoms with van der Waals surface area (Å²) in [5, 5.41) is 3.20. The van der Waals surface area contributed by atoms with Gasteiger partial charge in [-0.05, 0) is 30.7 Å². The molecule has 0 bridgehead atoms. The van der Waals surface area contributed by atoms with Gasteiger partial charge in [-0.15, -0.1) is 0 Å². The van der Waals surface area contributed by atoms with Gasteiger partial charge >= 0.3 is 0 Å². The van der Waals surface area contributed by atoms with Gasteiger partial charge < -0.3 is 10.2 Å². The van der Waals surface area contributed by atoms with Gasteiger partial charge in [-0.2, -0.15) is 0 Å². The molecule has 1 fully saturated rings. The largest absolute Gasteiger partial charge is 0.354 e. The lowest BCUT2D eigenvalue weighted by Crippen LogP contribution is -2.38. The van der Waals surface area contributed by atoms with Gasteiger partial charge in [-0.3, -0.25) is 4.79 Å². The van der Waals surface area contributed by atoms with Gasteiger partial charge in [0.25, 0.3) is 5.91 Å². The highest BCUT2D eigenvalue weighted by Gasteiger charge is 2.21. The van der Waals surface area contributed by atoms with Crippen LogP contribution in [0.5, 0.6) is 0 Å². The predicted molar refractivity (Wildman–Crippen MR) is 95.0 cm³/mol. The summed E-state index contributed by atoms with van der Waals surface area (Å²) in [5.41, 5.74) is 1.84. The maximum Gasteiger partial charge on any atom is 0.256 e. The van der Waals surface area contributed by atoms with Crippen LogP contribution in [0.15, 0.2) is 42.7 Å². The summed E-state index contributed by atoms with van der Waals surface area (Å²) >= 11 is 0. The molecule has 1 aromatic carbocycles. The van der Waals surface area contributed by atoms with Gasteiger partial charge in [0.05, 0.1) is 5.56 Å². The molecule has 0 spiro atoms. The van der Waals surface area contributed by atoms with E-state index in [9.17, 15) is 4.79 Å². The number of aromatic nitrogens is 2. The summed E-state index contributed by atoms with van der Waals surface area (Å²) in [6.45, 7) is 4.66. The number of amides is 1. The maximum absolute atomic E-state index is 12.4. The first-order valence-electron chi connectivity index (χ1n) is 8.61. The second kappa shape index (κ2) is 7.90. The van der Waals surface area contributed by atoms with Crippen molar-refractivity contribution in [2.24, 2.45) is 5.92 Å². The lowest BCUT2D eigenvalue weighted by molar-refractivity contribution is 0.0696. The Morgan fingerprint density at radius 3 is 2.50 bits per heavy atom. The highest BCUT2D eigenvalue weighted by Crippen LogP contribution is 2.17. The van der Waals surface area contributed by atoms with E-state index in [0.717, 1.165) is 38.9 Å². The predicted octanol–water partition coefficient (Wildman–Crippen LogP) is 3.00. The van der Waals surface area contributed by atoms with E-state index < -0.39 is 0 Å². The van der Waals surface area contributed by atoms with Crippen molar-refractivity contribution < 1.29 is 4.79 Å². The Hall–Kier alpha value is -2.43. The van der Waals surface area contributed by atoms with Crippen LogP contribution in [0.3, 0.4) is 0 Å². The van der Waals surface area contributed by atoms with E-state index in [0.29, 0.717) is 17.4 Å². The molecule has 1 N–H and O–H groups in total. The molecule has 126 valence electrons. The Morgan fingerprint density at radius 1 is 1.17 bits per heavy atom. The van der Waals surface area contributed by atoms with Crippen LogP contribution in [0.25, 0.3) is 0 Å². The van der Waals surface area contributed by atoms with Gasteiger partial charge in [0.15, 0.2) is 0 Å². The van der Waals surface area contributed by atoms with Crippen molar-refractivity contribution in [3.8, 4) is 0 Å². The molecule has 5 nitrogen and oxygen atoms in total. The lowest BCUT2D eigenvalue weighted by Gasteiger charge is -2.30. The van der Waals surface area contributed by atoms with E-state index in [4.69, 9.17) is 0 Å². The number of benzene rings is 1. The van der Waals surface area contributed by atoms with Gasteiger partial charge in [0.1, 0.15) is 0 Å². The topological polar surface area (TPSA) is 58.1 Å². The molecule has 1 aliphatic rings. The van der Waals surface area contributed by atoms with Gasteiger partial charge in [0.2, 0.25) is 5.95 Å². The first-order valence-corrected chi connectivity index (χ1v) is 8.61. The number of carbonyl (C=O) groups excluding carboxylic acids is 1. The van der Waals surface area contributed by atoms with Crippen LogP contribution in [0.4, 0.5) is 5.95 Å². The van der Waals surface area contributed by atoms with E-state index in [1.165, 1.54) is 5.56 Å². The van der Waals surface area contributed by atoms with E-state index in [2.05, 4.69) is 34.3 Å². The second-order valence-corrected chi connectivity index (χ2v) is 6.43. The minimum absolute atomic E-state index is 0.0396. The number of nitrogens with one attached hydrogen (secondary N) is 1. The summed E-state index contributed by atoms with van der Waals surface area (Å²) in [6.07, 6.45) is 6.31. The van der Waals surface area contributed by atoms with Crippen molar-refractivity contribution in [2.45, 2.75) is 26.2 Å². The molecule has 1 aliphatic heterocycles. The molecule has 1 aromatic heterocycles. The molecular formula is C19H24N4O. The molecule has 0 saturated carbocycles.